The van der Waals surface area contributed by atoms with Crippen molar-refractivity contribution in [3.05, 3.63) is 52.1 Å². The van der Waals surface area contributed by atoms with Crippen LogP contribution in [-0.2, 0) is 12.6 Å². The van der Waals surface area contributed by atoms with Gasteiger partial charge in [-0.15, -0.1) is 0 Å². The number of rotatable bonds is 4. The molecule has 150 valence electrons. The van der Waals surface area contributed by atoms with E-state index in [0.29, 0.717) is 11.8 Å². The minimum Gasteiger partial charge on any atom is -0.383 e. The Balaban J connectivity index is 1.61. The summed E-state index contributed by atoms with van der Waals surface area (Å²) in [5, 5.41) is 0. The third-order valence-corrected chi connectivity index (χ3v) is 5.93. The predicted molar refractivity (Wildman–Crippen MR) is 98.9 cm³/mol. The molecule has 1 saturated carbocycles. The van der Waals surface area contributed by atoms with E-state index in [0.717, 1.165) is 23.7 Å². The lowest BCUT2D eigenvalue weighted by Gasteiger charge is -2.27. The summed E-state index contributed by atoms with van der Waals surface area (Å²) in [5.74, 6) is 0.986. The van der Waals surface area contributed by atoms with Crippen LogP contribution in [-0.4, -0.2) is 39.6 Å². The van der Waals surface area contributed by atoms with Crippen LogP contribution in [0.4, 0.5) is 19.0 Å². The number of fused-ring (bicyclic) bond motifs is 1. The first-order valence-electron chi connectivity index (χ1n) is 9.20. The van der Waals surface area contributed by atoms with Gasteiger partial charge < -0.3 is 11.5 Å². The fraction of sp³-hybridized carbons (Fsp3) is 0.474. The first-order valence-corrected chi connectivity index (χ1v) is 9.20. The summed E-state index contributed by atoms with van der Waals surface area (Å²) < 4.78 is 42.2. The second-order valence-electron chi connectivity index (χ2n) is 7.76. The molecular formula is C19H22F3N5O. The van der Waals surface area contributed by atoms with Crippen molar-refractivity contribution in [3.8, 4) is 5.69 Å². The van der Waals surface area contributed by atoms with E-state index in [1.165, 1.54) is 24.4 Å². The number of halogens is 3. The highest BCUT2D eigenvalue weighted by Crippen LogP contribution is 2.45. The Morgan fingerprint density at radius 2 is 1.93 bits per heavy atom. The number of benzene rings is 1. The molecule has 0 radical (unpaired) electrons. The zero-order valence-corrected chi connectivity index (χ0v) is 15.4. The van der Waals surface area contributed by atoms with Crippen LogP contribution in [0.2, 0.25) is 0 Å². The molecule has 9 heteroatoms. The molecule has 1 aliphatic heterocycles. The Morgan fingerprint density at radius 1 is 1.25 bits per heavy atom. The van der Waals surface area contributed by atoms with Crippen molar-refractivity contribution in [1.29, 1.82) is 0 Å². The lowest BCUT2D eigenvalue weighted by Crippen LogP contribution is -2.37. The van der Waals surface area contributed by atoms with Gasteiger partial charge in [0.2, 0.25) is 0 Å². The topological polar surface area (TPSA) is 90.2 Å². The summed E-state index contributed by atoms with van der Waals surface area (Å²) in [5.41, 5.74) is 10.3. The minimum atomic E-state index is -4.52. The predicted octanol–water partition coefficient (Wildman–Crippen LogP) is 1.65. The Kier molecular flexibility index (Phi) is 4.46. The number of likely N-dealkylation sites (tertiary alicyclic amines) is 1. The molecule has 6 nitrogen and oxygen atoms in total. The second kappa shape index (κ2) is 6.59. The molecule has 2 aromatic rings. The summed E-state index contributed by atoms with van der Waals surface area (Å²) in [6, 6.07) is 5.55. The van der Waals surface area contributed by atoms with E-state index in [9.17, 15) is 18.0 Å². The first-order chi connectivity index (χ1) is 13.1. The molecule has 1 aromatic heterocycles. The number of alkyl halides is 3. The van der Waals surface area contributed by atoms with Gasteiger partial charge in [-0.3, -0.25) is 9.47 Å². The molecule has 0 spiro atoms. The molecular weight excluding hydrogens is 371 g/mol. The second-order valence-corrected chi connectivity index (χ2v) is 7.76. The molecule has 28 heavy (non-hydrogen) atoms. The van der Waals surface area contributed by atoms with E-state index < -0.39 is 17.4 Å². The summed E-state index contributed by atoms with van der Waals surface area (Å²) in [7, 11) is 0. The van der Waals surface area contributed by atoms with Gasteiger partial charge in [0.25, 0.3) is 0 Å². The van der Waals surface area contributed by atoms with Gasteiger partial charge in [0.1, 0.15) is 5.82 Å². The molecule has 2 heterocycles. The van der Waals surface area contributed by atoms with Crippen molar-refractivity contribution in [2.75, 3.05) is 18.8 Å². The molecule has 0 amide bonds. The van der Waals surface area contributed by atoms with Crippen LogP contribution in [0.1, 0.15) is 18.1 Å². The van der Waals surface area contributed by atoms with Gasteiger partial charge in [-0.1, -0.05) is 6.07 Å². The quantitative estimate of drug-likeness (QED) is 0.825. The largest absolute Gasteiger partial charge is 0.416 e. The van der Waals surface area contributed by atoms with E-state index in [-0.39, 0.29) is 35.6 Å². The third kappa shape index (κ3) is 3.40. The smallest absolute Gasteiger partial charge is 0.383 e. The number of anilines is 1. The van der Waals surface area contributed by atoms with Gasteiger partial charge in [0, 0.05) is 31.4 Å². The van der Waals surface area contributed by atoms with Gasteiger partial charge in [0.15, 0.2) is 0 Å². The fourth-order valence-corrected chi connectivity index (χ4v) is 4.18. The number of nitrogens with two attached hydrogens (primary N) is 2. The summed E-state index contributed by atoms with van der Waals surface area (Å²) in [6.07, 6.45) is -2.92. The van der Waals surface area contributed by atoms with Crippen LogP contribution in [0.3, 0.4) is 0 Å². The minimum absolute atomic E-state index is 0.0196. The normalized spacial score (nSPS) is 25.5. The molecule has 1 saturated heterocycles. The maximum atomic E-state index is 13.7. The fourth-order valence-electron chi connectivity index (χ4n) is 4.18. The van der Waals surface area contributed by atoms with E-state index in [2.05, 4.69) is 9.88 Å². The molecule has 2 aliphatic rings. The Hall–Kier alpha value is -2.39. The molecule has 4 N–H and O–H groups in total. The number of hydrogen-bond acceptors (Lipinski definition) is 5. The lowest BCUT2D eigenvalue weighted by atomic mass is 9.98. The van der Waals surface area contributed by atoms with E-state index >= 15 is 0 Å². The van der Waals surface area contributed by atoms with Gasteiger partial charge in [0.05, 0.1) is 11.3 Å². The molecule has 1 aliphatic carbocycles. The zero-order valence-electron chi connectivity index (χ0n) is 15.4. The van der Waals surface area contributed by atoms with E-state index in [4.69, 9.17) is 11.5 Å². The van der Waals surface area contributed by atoms with Crippen molar-refractivity contribution in [1.82, 2.24) is 14.5 Å². The first kappa shape index (κ1) is 18.9. The van der Waals surface area contributed by atoms with Gasteiger partial charge in [-0.2, -0.15) is 18.2 Å². The van der Waals surface area contributed by atoms with Crippen LogP contribution < -0.4 is 17.2 Å². The summed E-state index contributed by atoms with van der Waals surface area (Å²) >= 11 is 0. The Morgan fingerprint density at radius 3 is 2.54 bits per heavy atom. The average molecular weight is 393 g/mol. The number of hydrogen-bond donors (Lipinski definition) is 2. The number of aromatic nitrogens is 2. The van der Waals surface area contributed by atoms with Crippen LogP contribution in [0.15, 0.2) is 35.3 Å². The maximum absolute atomic E-state index is 13.7. The van der Waals surface area contributed by atoms with Gasteiger partial charge >= 0.3 is 11.9 Å². The van der Waals surface area contributed by atoms with E-state index in [1.807, 2.05) is 6.92 Å². The molecule has 2 fully saturated rings. The molecule has 3 unspecified atom stereocenters. The Bertz CT molecular complexity index is 945. The molecule has 1 aromatic carbocycles. The zero-order chi connectivity index (χ0) is 20.2. The lowest BCUT2D eigenvalue weighted by molar-refractivity contribution is -0.138. The highest BCUT2D eigenvalue weighted by atomic mass is 19.4. The van der Waals surface area contributed by atoms with Gasteiger partial charge in [-0.05, 0) is 48.9 Å². The monoisotopic (exact) mass is 393 g/mol. The third-order valence-electron chi connectivity index (χ3n) is 5.93. The van der Waals surface area contributed by atoms with Crippen LogP contribution in [0.25, 0.3) is 5.69 Å². The molecule has 4 rings (SSSR count). The van der Waals surface area contributed by atoms with E-state index in [1.54, 1.807) is 0 Å². The highest BCUT2D eigenvalue weighted by Gasteiger charge is 2.54. The number of nitrogen functional groups attached to an aromatic ring is 1. The SMILES string of the molecule is CC(Cc1ccc(-n2ccc(N)nc2=O)cc1C(F)(F)F)N1CC2C(N)[C@H]2C1. The van der Waals surface area contributed by atoms with Gasteiger partial charge in [-0.25, -0.2) is 4.79 Å². The van der Waals surface area contributed by atoms with Crippen molar-refractivity contribution < 1.29 is 13.2 Å². The highest BCUT2D eigenvalue weighted by molar-refractivity contribution is 5.43. The summed E-state index contributed by atoms with van der Waals surface area (Å²) in [6.45, 7) is 3.64. The van der Waals surface area contributed by atoms with Crippen molar-refractivity contribution in [2.45, 2.75) is 31.6 Å². The van der Waals surface area contributed by atoms with Crippen molar-refractivity contribution in [3.63, 3.8) is 0 Å². The standard InChI is InChI=1S/C19H22F3N5O/c1-10(26-8-13-14(9-26)17(13)24)6-11-2-3-12(7-15(11)19(20,21)22)27-5-4-16(23)25-18(27)28/h2-5,7,10,13-14,17H,6,8-9,24H2,1H3,(H2,23,25,28)/t10?,13-,14?,17?/m0/s1. The van der Waals surface area contributed by atoms with Crippen molar-refractivity contribution in [2.24, 2.45) is 17.6 Å². The van der Waals surface area contributed by atoms with Crippen molar-refractivity contribution >= 4 is 5.82 Å². The van der Waals surface area contributed by atoms with Crippen LogP contribution in [0.5, 0.6) is 0 Å². The van der Waals surface area contributed by atoms with Crippen LogP contribution in [0, 0.1) is 11.8 Å². The summed E-state index contributed by atoms with van der Waals surface area (Å²) in [4.78, 5) is 17.8. The molecule has 0 bridgehead atoms. The number of piperidine rings is 1. The number of nitrogens with zero attached hydrogens (tertiary/aromatic N) is 3. The van der Waals surface area contributed by atoms with Crippen LogP contribution >= 0.6 is 0 Å². The molecule has 4 atom stereocenters. The maximum Gasteiger partial charge on any atom is 0.416 e. The average Bonchev–Trinajstić information content (AvgIpc) is 3.03. The Labute approximate surface area is 160 Å².